The van der Waals surface area contributed by atoms with Gasteiger partial charge in [-0.05, 0) is 13.8 Å². The molecule has 6 nitrogen and oxygen atoms in total. The molecule has 1 fully saturated rings. The monoisotopic (exact) mass is 284 g/mol. The zero-order valence-corrected chi connectivity index (χ0v) is 12.3. The Labute approximate surface area is 114 Å². The first-order valence-electron chi connectivity index (χ1n) is 6.48. The smallest absolute Gasteiger partial charge is 0.225 e. The molecule has 1 N–H and O–H groups in total. The second-order valence-electron chi connectivity index (χ2n) is 5.00. The fraction of sp³-hybridized carbons (Fsp3) is 0.667. The molecule has 2 heterocycles. The summed E-state index contributed by atoms with van der Waals surface area (Å²) in [6.45, 7) is 7.48. The molecule has 0 radical (unpaired) electrons. The molecule has 2 rings (SSSR count). The average molecular weight is 284 g/mol. The Morgan fingerprint density at radius 2 is 1.79 bits per heavy atom. The van der Waals surface area contributed by atoms with Crippen molar-refractivity contribution in [2.45, 2.75) is 37.8 Å². The molecule has 106 valence electrons. The third kappa shape index (κ3) is 3.22. The van der Waals surface area contributed by atoms with Crippen LogP contribution in [0.5, 0.6) is 0 Å². The number of rotatable bonds is 3. The number of sulfone groups is 1. The zero-order valence-electron chi connectivity index (χ0n) is 11.5. The minimum absolute atomic E-state index is 0.0669. The van der Waals surface area contributed by atoms with E-state index in [-0.39, 0.29) is 10.6 Å². The van der Waals surface area contributed by atoms with Gasteiger partial charge in [0, 0.05) is 25.2 Å². The van der Waals surface area contributed by atoms with Crippen LogP contribution >= 0.6 is 0 Å². The number of hydrogen-bond donors (Lipinski definition) is 1. The van der Waals surface area contributed by atoms with Crippen molar-refractivity contribution in [2.24, 2.45) is 0 Å². The minimum Gasteiger partial charge on any atom is -0.338 e. The van der Waals surface area contributed by atoms with Gasteiger partial charge in [0.1, 0.15) is 4.90 Å². The van der Waals surface area contributed by atoms with Crippen LogP contribution in [0.25, 0.3) is 0 Å². The summed E-state index contributed by atoms with van der Waals surface area (Å²) < 4.78 is 23.4. The van der Waals surface area contributed by atoms with E-state index in [1.165, 1.54) is 12.4 Å². The van der Waals surface area contributed by atoms with Crippen LogP contribution in [0.1, 0.15) is 20.8 Å². The Morgan fingerprint density at radius 3 is 2.26 bits per heavy atom. The quantitative estimate of drug-likeness (QED) is 0.869. The molecular formula is C12H20N4O2S. The van der Waals surface area contributed by atoms with Crippen molar-refractivity contribution in [2.75, 3.05) is 23.7 Å². The first-order valence-corrected chi connectivity index (χ1v) is 8.13. The molecular weight excluding hydrogens is 264 g/mol. The number of anilines is 1. The van der Waals surface area contributed by atoms with Gasteiger partial charge in [-0.15, -0.1) is 0 Å². The lowest BCUT2D eigenvalue weighted by Gasteiger charge is -2.36. The molecule has 0 amide bonds. The first kappa shape index (κ1) is 14.2. The van der Waals surface area contributed by atoms with Gasteiger partial charge in [-0.1, -0.05) is 6.92 Å². The number of nitrogens with zero attached hydrogens (tertiary/aromatic N) is 3. The summed E-state index contributed by atoms with van der Waals surface area (Å²) >= 11 is 0. The highest BCUT2D eigenvalue weighted by Crippen LogP contribution is 2.15. The summed E-state index contributed by atoms with van der Waals surface area (Å²) in [6.07, 6.45) is 2.80. The van der Waals surface area contributed by atoms with Gasteiger partial charge in [0.2, 0.25) is 5.95 Å². The van der Waals surface area contributed by atoms with E-state index in [2.05, 4.69) is 34.0 Å². The highest BCUT2D eigenvalue weighted by atomic mass is 32.2. The third-order valence-electron chi connectivity index (χ3n) is 3.19. The normalized spacial score (nSPS) is 24.5. The molecule has 0 aromatic carbocycles. The van der Waals surface area contributed by atoms with Crippen LogP contribution < -0.4 is 10.2 Å². The largest absolute Gasteiger partial charge is 0.338 e. The molecule has 1 saturated heterocycles. The Morgan fingerprint density at radius 1 is 1.26 bits per heavy atom. The molecule has 19 heavy (non-hydrogen) atoms. The Hall–Kier alpha value is -1.21. The molecule has 0 bridgehead atoms. The van der Waals surface area contributed by atoms with Crippen LogP contribution in [0.3, 0.4) is 0 Å². The van der Waals surface area contributed by atoms with E-state index in [1.54, 1.807) is 6.92 Å². The van der Waals surface area contributed by atoms with Gasteiger partial charge in [-0.25, -0.2) is 18.4 Å². The predicted octanol–water partition coefficient (Wildman–Crippen LogP) is 0.457. The van der Waals surface area contributed by atoms with Crippen molar-refractivity contribution in [3.05, 3.63) is 12.4 Å². The highest BCUT2D eigenvalue weighted by molar-refractivity contribution is 7.91. The maximum Gasteiger partial charge on any atom is 0.225 e. The summed E-state index contributed by atoms with van der Waals surface area (Å²) in [6, 6.07) is 0.734. The van der Waals surface area contributed by atoms with Crippen LogP contribution in [-0.4, -0.2) is 49.3 Å². The third-order valence-corrected chi connectivity index (χ3v) is 4.88. The molecule has 0 aliphatic carbocycles. The van der Waals surface area contributed by atoms with Gasteiger partial charge < -0.3 is 10.2 Å². The van der Waals surface area contributed by atoms with E-state index in [0.717, 1.165) is 13.1 Å². The van der Waals surface area contributed by atoms with E-state index < -0.39 is 9.84 Å². The summed E-state index contributed by atoms with van der Waals surface area (Å²) in [5.41, 5.74) is 0. The predicted molar refractivity (Wildman–Crippen MR) is 74.0 cm³/mol. The van der Waals surface area contributed by atoms with Gasteiger partial charge >= 0.3 is 0 Å². The molecule has 1 aromatic heterocycles. The maximum atomic E-state index is 11.7. The Balaban J connectivity index is 2.19. The molecule has 1 aliphatic heterocycles. The molecule has 0 spiro atoms. The van der Waals surface area contributed by atoms with Gasteiger partial charge in [-0.2, -0.15) is 0 Å². The Kier molecular flexibility index (Phi) is 4.05. The topological polar surface area (TPSA) is 75.2 Å². The van der Waals surface area contributed by atoms with Crippen molar-refractivity contribution in [3.8, 4) is 0 Å². The molecule has 1 aromatic rings. The highest BCUT2D eigenvalue weighted by Gasteiger charge is 2.23. The van der Waals surface area contributed by atoms with E-state index in [4.69, 9.17) is 0 Å². The second kappa shape index (κ2) is 5.42. The number of hydrogen-bond acceptors (Lipinski definition) is 6. The van der Waals surface area contributed by atoms with Crippen LogP contribution in [-0.2, 0) is 9.84 Å². The van der Waals surface area contributed by atoms with Gasteiger partial charge in [0.15, 0.2) is 9.84 Å². The summed E-state index contributed by atoms with van der Waals surface area (Å²) in [5.74, 6) is 0.660. The van der Waals surface area contributed by atoms with Crippen LogP contribution in [0.2, 0.25) is 0 Å². The van der Waals surface area contributed by atoms with Crippen molar-refractivity contribution < 1.29 is 8.42 Å². The van der Waals surface area contributed by atoms with Crippen LogP contribution in [0.15, 0.2) is 17.3 Å². The van der Waals surface area contributed by atoms with Gasteiger partial charge in [-0.3, -0.25) is 0 Å². The molecule has 1 aliphatic rings. The van der Waals surface area contributed by atoms with Crippen LogP contribution in [0.4, 0.5) is 5.95 Å². The molecule has 2 atom stereocenters. The van der Waals surface area contributed by atoms with E-state index >= 15 is 0 Å². The minimum atomic E-state index is -3.22. The maximum absolute atomic E-state index is 11.7. The number of aromatic nitrogens is 2. The number of piperazine rings is 1. The van der Waals surface area contributed by atoms with Crippen LogP contribution in [0, 0.1) is 0 Å². The Bertz CT molecular complexity index is 519. The lowest BCUT2D eigenvalue weighted by atomic mass is 10.1. The first-order chi connectivity index (χ1) is 8.92. The fourth-order valence-electron chi connectivity index (χ4n) is 2.29. The zero-order chi connectivity index (χ0) is 14.0. The summed E-state index contributed by atoms with van der Waals surface area (Å²) in [7, 11) is -3.22. The lowest BCUT2D eigenvalue weighted by Crippen LogP contribution is -2.54. The van der Waals surface area contributed by atoms with E-state index in [0.29, 0.717) is 18.0 Å². The SMILES string of the molecule is CCS(=O)(=O)c1cnc(N2C[C@@H](C)N[C@@H](C)C2)nc1. The van der Waals surface area contributed by atoms with E-state index in [1.807, 2.05) is 0 Å². The van der Waals surface area contributed by atoms with Crippen molar-refractivity contribution >= 4 is 15.8 Å². The number of nitrogens with one attached hydrogen (secondary N) is 1. The van der Waals surface area contributed by atoms with Crippen molar-refractivity contribution in [3.63, 3.8) is 0 Å². The standard InChI is InChI=1S/C12H20N4O2S/c1-4-19(17,18)11-5-13-12(14-6-11)16-7-9(2)15-10(3)8-16/h5-6,9-10,15H,4,7-8H2,1-3H3/t9-,10+. The fourth-order valence-corrected chi connectivity index (χ4v) is 3.05. The average Bonchev–Trinajstić information content (AvgIpc) is 2.38. The van der Waals surface area contributed by atoms with Crippen molar-refractivity contribution in [1.82, 2.24) is 15.3 Å². The molecule has 0 saturated carbocycles. The van der Waals surface area contributed by atoms with Gasteiger partial charge in [0.05, 0.1) is 18.1 Å². The van der Waals surface area contributed by atoms with E-state index in [9.17, 15) is 8.42 Å². The molecule has 0 unspecified atom stereocenters. The summed E-state index contributed by atoms with van der Waals surface area (Å²) in [5, 5.41) is 3.43. The second-order valence-corrected chi connectivity index (χ2v) is 7.27. The summed E-state index contributed by atoms with van der Waals surface area (Å²) in [4.78, 5) is 10.7. The lowest BCUT2D eigenvalue weighted by molar-refractivity contribution is 0.403. The molecule has 7 heteroatoms. The van der Waals surface area contributed by atoms with Gasteiger partial charge in [0.25, 0.3) is 0 Å². The van der Waals surface area contributed by atoms with Crippen molar-refractivity contribution in [1.29, 1.82) is 0 Å².